The molecule has 0 aliphatic carbocycles. The lowest BCUT2D eigenvalue weighted by Gasteiger charge is -2.18. The van der Waals surface area contributed by atoms with Gasteiger partial charge in [0.25, 0.3) is 0 Å². The second-order valence-corrected chi connectivity index (χ2v) is 6.98. The summed E-state index contributed by atoms with van der Waals surface area (Å²) < 4.78 is 5.91. The van der Waals surface area contributed by atoms with E-state index in [1.807, 2.05) is 24.3 Å². The molecule has 2 aromatic carbocycles. The molecule has 0 radical (unpaired) electrons. The molecule has 1 aliphatic heterocycles. The van der Waals surface area contributed by atoms with E-state index in [-0.39, 0.29) is 12.1 Å². The summed E-state index contributed by atoms with van der Waals surface area (Å²) in [6.07, 6.45) is 3.92. The van der Waals surface area contributed by atoms with Gasteiger partial charge in [0.05, 0.1) is 6.54 Å². The molecule has 3 aromatic rings. The monoisotopic (exact) mass is 381 g/mol. The van der Waals surface area contributed by atoms with Crippen LogP contribution in [0.25, 0.3) is 10.8 Å². The highest BCUT2D eigenvalue weighted by atomic mass is 35.5. The average molecular weight is 382 g/mol. The van der Waals surface area contributed by atoms with Gasteiger partial charge in [-0.2, -0.15) is 0 Å². The van der Waals surface area contributed by atoms with E-state index in [4.69, 9.17) is 16.3 Å². The number of fused-ring (bicyclic) bond motifs is 1. The Morgan fingerprint density at radius 3 is 2.96 bits per heavy atom. The van der Waals surface area contributed by atoms with E-state index in [0.29, 0.717) is 30.4 Å². The fourth-order valence-corrected chi connectivity index (χ4v) is 3.54. The first-order valence-electron chi connectivity index (χ1n) is 8.96. The van der Waals surface area contributed by atoms with Gasteiger partial charge in [-0.25, -0.2) is 4.79 Å². The van der Waals surface area contributed by atoms with Crippen molar-refractivity contribution >= 4 is 28.4 Å². The van der Waals surface area contributed by atoms with Crippen LogP contribution in [-0.4, -0.2) is 35.1 Å². The van der Waals surface area contributed by atoms with Crippen molar-refractivity contribution in [3.05, 3.63) is 71.5 Å². The van der Waals surface area contributed by atoms with Crippen LogP contribution in [0.1, 0.15) is 12.0 Å². The molecule has 1 aliphatic rings. The smallest absolute Gasteiger partial charge is 0.317 e. The van der Waals surface area contributed by atoms with Crippen molar-refractivity contribution in [1.82, 2.24) is 15.2 Å². The Hall–Kier alpha value is -2.79. The fraction of sp³-hybridized carbons (Fsp3) is 0.238. The minimum Gasteiger partial charge on any atom is -0.487 e. The van der Waals surface area contributed by atoms with Crippen molar-refractivity contribution in [2.24, 2.45) is 0 Å². The van der Waals surface area contributed by atoms with Crippen molar-refractivity contribution in [2.75, 3.05) is 13.1 Å². The second-order valence-electron chi connectivity index (χ2n) is 6.58. The summed E-state index contributed by atoms with van der Waals surface area (Å²) in [4.78, 5) is 18.3. The lowest BCUT2D eigenvalue weighted by Crippen LogP contribution is -2.39. The topological polar surface area (TPSA) is 54.5 Å². The van der Waals surface area contributed by atoms with Crippen LogP contribution >= 0.6 is 11.6 Å². The van der Waals surface area contributed by atoms with E-state index in [1.165, 1.54) is 5.39 Å². The number of rotatable bonds is 4. The third kappa shape index (κ3) is 3.98. The van der Waals surface area contributed by atoms with Crippen LogP contribution in [0, 0.1) is 0 Å². The molecule has 138 valence electrons. The summed E-state index contributed by atoms with van der Waals surface area (Å²) in [6.45, 7) is 1.70. The molecule has 1 atom stereocenters. The zero-order chi connectivity index (χ0) is 18.6. The summed E-state index contributed by atoms with van der Waals surface area (Å²) in [5.41, 5.74) is 1.11. The van der Waals surface area contributed by atoms with Crippen LogP contribution in [0.4, 0.5) is 4.79 Å². The number of benzene rings is 2. The van der Waals surface area contributed by atoms with Crippen molar-refractivity contribution in [3.8, 4) is 5.75 Å². The maximum absolute atomic E-state index is 12.5. The van der Waals surface area contributed by atoms with Crippen LogP contribution in [0.15, 0.2) is 60.9 Å². The maximum atomic E-state index is 12.5. The first kappa shape index (κ1) is 17.6. The Morgan fingerprint density at radius 1 is 1.22 bits per heavy atom. The number of amides is 2. The molecular formula is C21H20ClN3O2. The van der Waals surface area contributed by atoms with Gasteiger partial charge < -0.3 is 15.0 Å². The standard InChI is InChI=1S/C21H20ClN3O2/c22-19-13-23-10-8-20(19)27-17-9-11-25(14-17)21(26)24-12-16-6-3-5-15-4-1-2-7-18(15)16/h1-8,10,13,17H,9,11-12,14H2,(H,24,26). The van der Waals surface area contributed by atoms with Crippen molar-refractivity contribution < 1.29 is 9.53 Å². The molecule has 1 fully saturated rings. The maximum Gasteiger partial charge on any atom is 0.317 e. The van der Waals surface area contributed by atoms with E-state index in [1.54, 1.807) is 23.4 Å². The Morgan fingerprint density at radius 2 is 2.07 bits per heavy atom. The van der Waals surface area contributed by atoms with E-state index >= 15 is 0 Å². The Balaban J connectivity index is 1.35. The number of aromatic nitrogens is 1. The Bertz CT molecular complexity index is 958. The highest BCUT2D eigenvalue weighted by Crippen LogP contribution is 2.25. The van der Waals surface area contributed by atoms with Crippen molar-refractivity contribution in [2.45, 2.75) is 19.1 Å². The SMILES string of the molecule is O=C(NCc1cccc2ccccc12)N1CCC(Oc2ccncc2Cl)C1. The van der Waals surface area contributed by atoms with Crippen LogP contribution in [0.5, 0.6) is 5.75 Å². The molecular weight excluding hydrogens is 362 g/mol. The number of hydrogen-bond acceptors (Lipinski definition) is 3. The minimum atomic E-state index is -0.0742. The molecule has 4 rings (SSSR count). The number of nitrogens with zero attached hydrogens (tertiary/aromatic N) is 2. The number of likely N-dealkylation sites (tertiary alicyclic amines) is 1. The van der Waals surface area contributed by atoms with Gasteiger partial charge >= 0.3 is 6.03 Å². The van der Waals surface area contributed by atoms with Crippen LogP contribution in [0.3, 0.4) is 0 Å². The molecule has 6 heteroatoms. The number of carbonyl (C=O) groups excluding carboxylic acids is 1. The first-order valence-corrected chi connectivity index (χ1v) is 9.34. The van der Waals surface area contributed by atoms with Crippen molar-refractivity contribution in [3.63, 3.8) is 0 Å². The normalized spacial score (nSPS) is 16.5. The number of hydrogen-bond donors (Lipinski definition) is 1. The zero-order valence-electron chi connectivity index (χ0n) is 14.8. The number of halogens is 1. The highest BCUT2D eigenvalue weighted by molar-refractivity contribution is 6.31. The third-order valence-electron chi connectivity index (χ3n) is 4.77. The molecule has 0 saturated carbocycles. The van der Waals surface area contributed by atoms with Crippen LogP contribution < -0.4 is 10.1 Å². The van der Waals surface area contributed by atoms with Gasteiger partial charge in [0, 0.05) is 38.0 Å². The second kappa shape index (κ2) is 7.84. The number of urea groups is 1. The molecule has 1 N–H and O–H groups in total. The fourth-order valence-electron chi connectivity index (χ4n) is 3.38. The van der Waals surface area contributed by atoms with Gasteiger partial charge in [-0.1, -0.05) is 54.1 Å². The van der Waals surface area contributed by atoms with Gasteiger partial charge in [0.2, 0.25) is 0 Å². The Kier molecular flexibility index (Phi) is 5.12. The number of nitrogens with one attached hydrogen (secondary N) is 1. The summed E-state index contributed by atoms with van der Waals surface area (Å²) in [6, 6.07) is 16.0. The Labute approximate surface area is 162 Å². The summed E-state index contributed by atoms with van der Waals surface area (Å²) in [7, 11) is 0. The molecule has 0 bridgehead atoms. The third-order valence-corrected chi connectivity index (χ3v) is 5.05. The van der Waals surface area contributed by atoms with E-state index in [2.05, 4.69) is 28.5 Å². The summed E-state index contributed by atoms with van der Waals surface area (Å²) >= 11 is 6.09. The van der Waals surface area contributed by atoms with Crippen LogP contribution in [-0.2, 0) is 6.54 Å². The predicted octanol–water partition coefficient (Wildman–Crippen LogP) is 4.25. The van der Waals surface area contributed by atoms with E-state index in [0.717, 1.165) is 17.4 Å². The van der Waals surface area contributed by atoms with Gasteiger partial charge in [0.1, 0.15) is 16.9 Å². The van der Waals surface area contributed by atoms with Crippen molar-refractivity contribution in [1.29, 1.82) is 0 Å². The first-order chi connectivity index (χ1) is 13.2. The van der Waals surface area contributed by atoms with E-state index in [9.17, 15) is 4.79 Å². The predicted molar refractivity (Wildman–Crippen MR) is 106 cm³/mol. The van der Waals surface area contributed by atoms with Crippen LogP contribution in [0.2, 0.25) is 5.02 Å². The minimum absolute atomic E-state index is 0.0618. The van der Waals surface area contributed by atoms with Gasteiger partial charge in [-0.05, 0) is 16.3 Å². The molecule has 2 amide bonds. The number of ether oxygens (including phenoxy) is 1. The van der Waals surface area contributed by atoms with E-state index < -0.39 is 0 Å². The molecule has 1 unspecified atom stereocenters. The zero-order valence-corrected chi connectivity index (χ0v) is 15.5. The highest BCUT2D eigenvalue weighted by Gasteiger charge is 2.28. The largest absolute Gasteiger partial charge is 0.487 e. The molecule has 0 spiro atoms. The van der Waals surface area contributed by atoms with Gasteiger partial charge in [-0.3, -0.25) is 4.98 Å². The lowest BCUT2D eigenvalue weighted by atomic mass is 10.0. The van der Waals surface area contributed by atoms with Gasteiger partial charge in [0.15, 0.2) is 0 Å². The molecule has 5 nitrogen and oxygen atoms in total. The summed E-state index contributed by atoms with van der Waals surface area (Å²) in [5, 5.41) is 5.84. The number of carbonyl (C=O) groups is 1. The summed E-state index contributed by atoms with van der Waals surface area (Å²) in [5.74, 6) is 0.606. The average Bonchev–Trinajstić information content (AvgIpc) is 3.16. The quantitative estimate of drug-likeness (QED) is 0.735. The molecule has 1 saturated heterocycles. The molecule has 27 heavy (non-hydrogen) atoms. The molecule has 2 heterocycles. The number of pyridine rings is 1. The lowest BCUT2D eigenvalue weighted by molar-refractivity contribution is 0.186. The van der Waals surface area contributed by atoms with Gasteiger partial charge in [-0.15, -0.1) is 0 Å². The molecule has 1 aromatic heterocycles.